The Morgan fingerprint density at radius 1 is 1.11 bits per heavy atom. The number of furan rings is 1. The largest absolute Gasteiger partial charge is 0.445 e. The molecule has 36 heavy (non-hydrogen) atoms. The molecule has 0 saturated heterocycles. The van der Waals surface area contributed by atoms with Gasteiger partial charge in [0.15, 0.2) is 11.0 Å². The second-order valence-corrected chi connectivity index (χ2v) is 8.61. The average molecular weight is 518 g/mol. The highest BCUT2D eigenvalue weighted by Crippen LogP contribution is 2.29. The minimum absolute atomic E-state index is 0.000491. The van der Waals surface area contributed by atoms with Crippen molar-refractivity contribution in [1.29, 1.82) is 0 Å². The topological polar surface area (TPSA) is 97.1 Å². The zero-order valence-electron chi connectivity index (χ0n) is 18.6. The fourth-order valence-corrected chi connectivity index (χ4v) is 4.11. The van der Waals surface area contributed by atoms with E-state index < -0.39 is 34.4 Å². The maximum absolute atomic E-state index is 13.4. The molecule has 0 spiro atoms. The molecule has 0 bridgehead atoms. The van der Waals surface area contributed by atoms with Crippen molar-refractivity contribution in [3.8, 4) is 11.3 Å². The summed E-state index contributed by atoms with van der Waals surface area (Å²) < 4.78 is 72.3. The zero-order valence-corrected chi connectivity index (χ0v) is 19.4. The smallest absolute Gasteiger partial charge is 0.417 e. The molecule has 4 aromatic rings. The quantitative estimate of drug-likeness (QED) is 0.269. The molecule has 0 aliphatic carbocycles. The van der Waals surface area contributed by atoms with Crippen molar-refractivity contribution in [3.63, 3.8) is 0 Å². The van der Waals surface area contributed by atoms with Crippen LogP contribution in [0.2, 0.25) is 0 Å². The highest BCUT2D eigenvalue weighted by Gasteiger charge is 2.30. The molecule has 1 unspecified atom stereocenters. The Kier molecular flexibility index (Phi) is 7.15. The first-order valence-corrected chi connectivity index (χ1v) is 11.6. The number of hydrogen-bond acceptors (Lipinski definition) is 5. The number of hydrogen-bond donors (Lipinski definition) is 2. The first kappa shape index (κ1) is 25.0. The number of nitrogens with zero attached hydrogens (tertiary/aromatic N) is 2. The third-order valence-electron chi connectivity index (χ3n) is 5.01. The van der Waals surface area contributed by atoms with E-state index >= 15 is 0 Å². The molecule has 4 rings (SSSR count). The van der Waals surface area contributed by atoms with Gasteiger partial charge >= 0.3 is 6.18 Å². The van der Waals surface area contributed by atoms with Crippen molar-refractivity contribution in [2.75, 3.05) is 0 Å². The first-order chi connectivity index (χ1) is 17.1. The number of halogens is 4. The summed E-state index contributed by atoms with van der Waals surface area (Å²) in [5.41, 5.74) is 0.761. The summed E-state index contributed by atoms with van der Waals surface area (Å²) in [5, 5.41) is 3.08. The van der Waals surface area contributed by atoms with Gasteiger partial charge in [0, 0.05) is 29.4 Å². The lowest BCUT2D eigenvalue weighted by molar-refractivity contribution is -0.137. The van der Waals surface area contributed by atoms with Gasteiger partial charge < -0.3 is 9.73 Å². The van der Waals surface area contributed by atoms with Crippen molar-refractivity contribution >= 4 is 27.9 Å². The lowest BCUT2D eigenvalue weighted by Gasteiger charge is -2.10. The zero-order chi connectivity index (χ0) is 25.9. The molecule has 2 N–H and O–H groups in total. The number of alkyl halides is 3. The van der Waals surface area contributed by atoms with E-state index in [0.29, 0.717) is 27.9 Å². The van der Waals surface area contributed by atoms with Gasteiger partial charge in [-0.15, -0.1) is 0 Å². The van der Waals surface area contributed by atoms with E-state index in [1.165, 1.54) is 42.6 Å². The molecular weight excluding hydrogens is 500 g/mol. The molecule has 186 valence electrons. The fourth-order valence-electron chi connectivity index (χ4n) is 3.20. The average Bonchev–Trinajstić information content (AvgIpc) is 3.29. The number of rotatable bonds is 7. The SMILES string of the molecule is C/C=C(/NS(=O)c1cc2cc(F)ccc2o1)C(=O)NCc1cc(-c2ccc(C(F)(F)F)cn2)ccn1. The number of nitrogens with one attached hydrogen (secondary N) is 2. The summed E-state index contributed by atoms with van der Waals surface area (Å²) in [5.74, 6) is -1.04. The van der Waals surface area contributed by atoms with E-state index in [2.05, 4.69) is 20.0 Å². The molecule has 0 radical (unpaired) electrons. The third-order valence-corrected chi connectivity index (χ3v) is 5.98. The molecule has 0 aliphatic heterocycles. The van der Waals surface area contributed by atoms with Gasteiger partial charge in [-0.3, -0.25) is 19.5 Å². The van der Waals surface area contributed by atoms with E-state index in [1.54, 1.807) is 19.1 Å². The number of aromatic nitrogens is 2. The van der Waals surface area contributed by atoms with Crippen LogP contribution in [0.3, 0.4) is 0 Å². The molecule has 0 saturated carbocycles. The van der Waals surface area contributed by atoms with Gasteiger partial charge in [-0.25, -0.2) is 8.60 Å². The van der Waals surface area contributed by atoms with Crippen LogP contribution in [0.4, 0.5) is 17.6 Å². The van der Waals surface area contributed by atoms with Crippen LogP contribution in [0.25, 0.3) is 22.2 Å². The lowest BCUT2D eigenvalue weighted by Crippen LogP contribution is -2.32. The van der Waals surface area contributed by atoms with Gasteiger partial charge in [0.05, 0.1) is 23.5 Å². The van der Waals surface area contributed by atoms with E-state index in [0.717, 1.165) is 12.3 Å². The van der Waals surface area contributed by atoms with Crippen LogP contribution in [0.5, 0.6) is 0 Å². The van der Waals surface area contributed by atoms with Crippen LogP contribution in [0.1, 0.15) is 18.2 Å². The van der Waals surface area contributed by atoms with Gasteiger partial charge in [0.2, 0.25) is 5.09 Å². The molecule has 0 fully saturated rings. The Bertz CT molecular complexity index is 1470. The highest BCUT2D eigenvalue weighted by molar-refractivity contribution is 7.83. The molecule has 3 aromatic heterocycles. The predicted molar refractivity (Wildman–Crippen MR) is 124 cm³/mol. The number of carbonyl (C=O) groups is 1. The standard InChI is InChI=1S/C24H18F4N4O3S/c1-2-19(32-36(34)22-11-15-9-17(25)4-6-21(15)35-22)23(33)31-13-18-10-14(7-8-29-18)20-5-3-16(12-30-20)24(26,27)28/h2-12,32H,13H2,1H3,(H,31,33)/b19-2+. The van der Waals surface area contributed by atoms with Crippen LogP contribution in [-0.4, -0.2) is 20.1 Å². The number of amides is 1. The van der Waals surface area contributed by atoms with Gasteiger partial charge in [-0.1, -0.05) is 6.08 Å². The van der Waals surface area contributed by atoms with Gasteiger partial charge in [-0.2, -0.15) is 13.2 Å². The summed E-state index contributed by atoms with van der Waals surface area (Å²) in [6.45, 7) is 1.56. The molecule has 0 aliphatic rings. The van der Waals surface area contributed by atoms with Crippen LogP contribution in [0, 0.1) is 5.82 Å². The second-order valence-electron chi connectivity index (χ2n) is 7.47. The Morgan fingerprint density at radius 3 is 2.61 bits per heavy atom. The van der Waals surface area contributed by atoms with E-state index in [1.807, 2.05) is 0 Å². The summed E-state index contributed by atoms with van der Waals surface area (Å²) in [6, 6.07) is 10.6. The summed E-state index contributed by atoms with van der Waals surface area (Å²) in [7, 11) is -1.93. The molecule has 1 aromatic carbocycles. The van der Waals surface area contributed by atoms with Crippen molar-refractivity contribution in [1.82, 2.24) is 20.0 Å². The summed E-state index contributed by atoms with van der Waals surface area (Å²) >= 11 is 0. The van der Waals surface area contributed by atoms with Gasteiger partial charge in [0.25, 0.3) is 5.91 Å². The number of pyridine rings is 2. The van der Waals surface area contributed by atoms with Crippen LogP contribution in [0.15, 0.2) is 82.2 Å². The Morgan fingerprint density at radius 2 is 1.92 bits per heavy atom. The normalized spacial score (nSPS) is 13.0. The summed E-state index contributed by atoms with van der Waals surface area (Å²) in [6.07, 6.45) is -0.862. The molecule has 12 heteroatoms. The number of carbonyl (C=O) groups excluding carboxylic acids is 1. The fraction of sp³-hybridized carbons (Fsp3) is 0.125. The third kappa shape index (κ3) is 5.77. The van der Waals surface area contributed by atoms with Crippen LogP contribution < -0.4 is 10.0 Å². The van der Waals surface area contributed by atoms with Gasteiger partial charge in [-0.05, 0) is 49.4 Å². The van der Waals surface area contributed by atoms with Crippen molar-refractivity contribution < 1.29 is 31.0 Å². The van der Waals surface area contributed by atoms with Crippen molar-refractivity contribution in [2.45, 2.75) is 24.7 Å². The van der Waals surface area contributed by atoms with Crippen LogP contribution >= 0.6 is 0 Å². The number of benzene rings is 1. The minimum atomic E-state index is -4.48. The van der Waals surface area contributed by atoms with E-state index in [9.17, 15) is 26.6 Å². The molecule has 7 nitrogen and oxygen atoms in total. The van der Waals surface area contributed by atoms with Crippen molar-refractivity contribution in [3.05, 3.63) is 89.8 Å². The summed E-state index contributed by atoms with van der Waals surface area (Å²) in [4.78, 5) is 20.6. The van der Waals surface area contributed by atoms with E-state index in [-0.39, 0.29) is 17.3 Å². The minimum Gasteiger partial charge on any atom is -0.445 e. The monoisotopic (exact) mass is 518 g/mol. The molecule has 1 amide bonds. The lowest BCUT2D eigenvalue weighted by atomic mass is 10.1. The van der Waals surface area contributed by atoms with Crippen molar-refractivity contribution in [2.24, 2.45) is 0 Å². The van der Waals surface area contributed by atoms with E-state index in [4.69, 9.17) is 4.42 Å². The molecular formula is C24H18F4N4O3S. The first-order valence-electron chi connectivity index (χ1n) is 10.4. The maximum Gasteiger partial charge on any atom is 0.417 e. The number of fused-ring (bicyclic) bond motifs is 1. The van der Waals surface area contributed by atoms with Gasteiger partial charge in [0.1, 0.15) is 17.1 Å². The Balaban J connectivity index is 1.40. The number of allylic oxidation sites excluding steroid dienone is 1. The second kappa shape index (κ2) is 10.3. The van der Waals surface area contributed by atoms with Crippen LogP contribution in [-0.2, 0) is 28.5 Å². The predicted octanol–water partition coefficient (Wildman–Crippen LogP) is 4.88. The molecule has 1 atom stereocenters. The Labute approximate surface area is 204 Å². The highest BCUT2D eigenvalue weighted by atomic mass is 32.2. The Hall–Kier alpha value is -4.06. The molecule has 3 heterocycles. The maximum atomic E-state index is 13.4.